The van der Waals surface area contributed by atoms with Crippen LogP contribution in [0.15, 0.2) is 47.4 Å². The zero-order valence-corrected chi connectivity index (χ0v) is 18.6. The number of aromatic nitrogens is 3. The SMILES string of the molecule is CCC(C)S(=O)(=O)Cc1cc(-c2ccc(=O)n(C)c2)nc(Oc2c(C)cccc2F)n1. The topological polar surface area (TPSA) is 91.2 Å². The standard InChI is InChI=1S/C22H24FN3O4S/c1-5-15(3)31(28,29)13-17-11-19(16-9-10-20(27)26(4)12-16)25-22(24-17)30-21-14(2)7-6-8-18(21)23/h6-12,15H,5,13H2,1-4H3. The summed E-state index contributed by atoms with van der Waals surface area (Å²) in [6.45, 7) is 5.13. The second-order valence-electron chi connectivity index (χ2n) is 7.41. The van der Waals surface area contributed by atoms with Gasteiger partial charge >= 0.3 is 6.01 Å². The van der Waals surface area contributed by atoms with Gasteiger partial charge in [0, 0.05) is 24.9 Å². The summed E-state index contributed by atoms with van der Waals surface area (Å²) >= 11 is 0. The largest absolute Gasteiger partial charge is 0.421 e. The molecule has 1 aromatic carbocycles. The molecule has 9 heteroatoms. The summed E-state index contributed by atoms with van der Waals surface area (Å²) in [7, 11) is -1.86. The number of hydrogen-bond acceptors (Lipinski definition) is 6. The fourth-order valence-corrected chi connectivity index (χ4v) is 4.28. The molecule has 0 spiro atoms. The highest BCUT2D eigenvalue weighted by atomic mass is 32.2. The molecule has 31 heavy (non-hydrogen) atoms. The molecule has 0 aliphatic rings. The molecule has 0 N–H and O–H groups in total. The van der Waals surface area contributed by atoms with Gasteiger partial charge in [0.15, 0.2) is 21.4 Å². The highest BCUT2D eigenvalue weighted by molar-refractivity contribution is 7.91. The van der Waals surface area contributed by atoms with Crippen LogP contribution >= 0.6 is 0 Å². The van der Waals surface area contributed by atoms with Crippen LogP contribution in [0, 0.1) is 12.7 Å². The molecule has 1 unspecified atom stereocenters. The summed E-state index contributed by atoms with van der Waals surface area (Å²) in [5.41, 5.74) is 1.51. The minimum Gasteiger partial charge on any atom is -0.421 e. The van der Waals surface area contributed by atoms with E-state index in [-0.39, 0.29) is 28.8 Å². The molecule has 7 nitrogen and oxygen atoms in total. The van der Waals surface area contributed by atoms with Crippen molar-refractivity contribution in [2.24, 2.45) is 7.05 Å². The first-order chi connectivity index (χ1) is 14.6. The van der Waals surface area contributed by atoms with Crippen LogP contribution in [0.5, 0.6) is 11.8 Å². The van der Waals surface area contributed by atoms with Gasteiger partial charge in [0.2, 0.25) is 5.56 Å². The number of rotatable bonds is 7. The number of pyridine rings is 1. The van der Waals surface area contributed by atoms with Gasteiger partial charge in [-0.25, -0.2) is 12.8 Å². The van der Waals surface area contributed by atoms with Gasteiger partial charge in [0.1, 0.15) is 0 Å². The number of benzene rings is 1. The maximum atomic E-state index is 14.3. The van der Waals surface area contributed by atoms with Crippen LogP contribution < -0.4 is 10.3 Å². The van der Waals surface area contributed by atoms with Crippen molar-refractivity contribution >= 4 is 9.84 Å². The number of hydrogen-bond donors (Lipinski definition) is 0. The van der Waals surface area contributed by atoms with Crippen LogP contribution in [0.1, 0.15) is 31.5 Å². The minimum atomic E-state index is -3.46. The number of halogens is 1. The quantitative estimate of drug-likeness (QED) is 0.549. The summed E-state index contributed by atoms with van der Waals surface area (Å²) in [6, 6.07) is 8.83. The predicted octanol–water partition coefficient (Wildman–Crippen LogP) is 3.80. The van der Waals surface area contributed by atoms with E-state index < -0.39 is 20.9 Å². The van der Waals surface area contributed by atoms with E-state index in [1.165, 1.54) is 16.7 Å². The molecule has 0 saturated carbocycles. The van der Waals surface area contributed by atoms with Crippen molar-refractivity contribution in [3.8, 4) is 23.0 Å². The minimum absolute atomic E-state index is 0.0316. The third-order valence-electron chi connectivity index (χ3n) is 5.03. The molecule has 2 heterocycles. The summed E-state index contributed by atoms with van der Waals surface area (Å²) in [5.74, 6) is -0.920. The van der Waals surface area contributed by atoms with E-state index in [9.17, 15) is 17.6 Å². The first-order valence-corrected chi connectivity index (χ1v) is 11.5. The number of sulfone groups is 1. The maximum Gasteiger partial charge on any atom is 0.322 e. The lowest BCUT2D eigenvalue weighted by Gasteiger charge is -2.13. The Balaban J connectivity index is 2.11. The molecule has 0 aliphatic heterocycles. The predicted molar refractivity (Wildman–Crippen MR) is 116 cm³/mol. The second kappa shape index (κ2) is 8.97. The molecule has 164 valence electrons. The third-order valence-corrected chi connectivity index (χ3v) is 7.29. The monoisotopic (exact) mass is 445 g/mol. The second-order valence-corrected chi connectivity index (χ2v) is 9.83. The zero-order valence-electron chi connectivity index (χ0n) is 17.8. The van der Waals surface area contributed by atoms with Gasteiger partial charge in [-0.1, -0.05) is 19.1 Å². The van der Waals surface area contributed by atoms with E-state index >= 15 is 0 Å². The molecule has 1 atom stereocenters. The van der Waals surface area contributed by atoms with Gasteiger partial charge in [-0.05, 0) is 44.0 Å². The first kappa shape index (κ1) is 22.6. The fourth-order valence-electron chi connectivity index (χ4n) is 2.93. The molecular formula is C22H24FN3O4S. The first-order valence-electron chi connectivity index (χ1n) is 9.80. The van der Waals surface area contributed by atoms with E-state index in [0.717, 1.165) is 0 Å². The van der Waals surface area contributed by atoms with Gasteiger partial charge in [-0.15, -0.1) is 0 Å². The van der Waals surface area contributed by atoms with Crippen LogP contribution in [0.25, 0.3) is 11.3 Å². The van der Waals surface area contributed by atoms with Gasteiger partial charge < -0.3 is 9.30 Å². The molecule has 3 rings (SSSR count). The average Bonchev–Trinajstić information content (AvgIpc) is 2.71. The van der Waals surface area contributed by atoms with E-state index in [2.05, 4.69) is 9.97 Å². The van der Waals surface area contributed by atoms with Crippen molar-refractivity contribution in [3.05, 3.63) is 70.0 Å². The van der Waals surface area contributed by atoms with Crippen LogP contribution in [-0.2, 0) is 22.6 Å². The summed E-state index contributed by atoms with van der Waals surface area (Å²) in [5, 5.41) is -0.540. The van der Waals surface area contributed by atoms with Crippen molar-refractivity contribution in [3.63, 3.8) is 0 Å². The molecule has 0 saturated heterocycles. The molecule has 0 fully saturated rings. The van der Waals surface area contributed by atoms with Crippen molar-refractivity contribution in [1.29, 1.82) is 0 Å². The Hall–Kier alpha value is -3.07. The summed E-state index contributed by atoms with van der Waals surface area (Å²) in [6.07, 6.45) is 2.05. The lowest BCUT2D eigenvalue weighted by Crippen LogP contribution is -2.19. The molecule has 0 aliphatic carbocycles. The number of nitrogens with zero attached hydrogens (tertiary/aromatic N) is 3. The van der Waals surface area contributed by atoms with E-state index in [1.54, 1.807) is 58.3 Å². The number of aryl methyl sites for hydroxylation is 2. The van der Waals surface area contributed by atoms with Gasteiger partial charge in [-0.2, -0.15) is 9.97 Å². The van der Waals surface area contributed by atoms with Gasteiger partial charge in [0.05, 0.1) is 22.4 Å². The van der Waals surface area contributed by atoms with Gasteiger partial charge in [0.25, 0.3) is 0 Å². The van der Waals surface area contributed by atoms with Crippen molar-refractivity contribution in [2.45, 2.75) is 38.2 Å². The van der Waals surface area contributed by atoms with Crippen LogP contribution in [-0.4, -0.2) is 28.2 Å². The number of para-hydroxylation sites is 1. The summed E-state index contributed by atoms with van der Waals surface area (Å²) in [4.78, 5) is 20.3. The molecular weight excluding hydrogens is 421 g/mol. The highest BCUT2D eigenvalue weighted by Crippen LogP contribution is 2.28. The number of ether oxygens (including phenoxy) is 1. The molecule has 0 bridgehead atoms. The smallest absolute Gasteiger partial charge is 0.322 e. The van der Waals surface area contributed by atoms with Crippen molar-refractivity contribution in [2.75, 3.05) is 0 Å². The fraction of sp³-hybridized carbons (Fsp3) is 0.318. The van der Waals surface area contributed by atoms with Crippen molar-refractivity contribution < 1.29 is 17.5 Å². The summed E-state index contributed by atoms with van der Waals surface area (Å²) < 4.78 is 46.6. The van der Waals surface area contributed by atoms with Crippen molar-refractivity contribution in [1.82, 2.24) is 14.5 Å². The zero-order chi connectivity index (χ0) is 22.8. The Bertz CT molecular complexity index is 1250. The van der Waals surface area contributed by atoms with Gasteiger partial charge in [-0.3, -0.25) is 4.79 Å². The van der Waals surface area contributed by atoms with E-state index in [1.807, 2.05) is 0 Å². The lowest BCUT2D eigenvalue weighted by molar-refractivity contribution is 0.407. The molecule has 3 aromatic rings. The Morgan fingerprint density at radius 1 is 1.19 bits per heavy atom. The van der Waals surface area contributed by atoms with Crippen LogP contribution in [0.2, 0.25) is 0 Å². The average molecular weight is 446 g/mol. The molecule has 2 aromatic heterocycles. The molecule has 0 amide bonds. The Kier molecular flexibility index (Phi) is 6.54. The van der Waals surface area contributed by atoms with E-state index in [4.69, 9.17) is 4.74 Å². The van der Waals surface area contributed by atoms with Crippen LogP contribution in [0.4, 0.5) is 4.39 Å². The lowest BCUT2D eigenvalue weighted by atomic mass is 10.2. The normalized spacial score (nSPS) is 12.5. The Morgan fingerprint density at radius 2 is 1.94 bits per heavy atom. The van der Waals surface area contributed by atoms with E-state index in [0.29, 0.717) is 23.2 Å². The Labute approximate surface area is 180 Å². The highest BCUT2D eigenvalue weighted by Gasteiger charge is 2.22. The molecule has 0 radical (unpaired) electrons. The maximum absolute atomic E-state index is 14.3. The third kappa shape index (κ3) is 5.16. The Morgan fingerprint density at radius 3 is 2.58 bits per heavy atom. The van der Waals surface area contributed by atoms with Crippen LogP contribution in [0.3, 0.4) is 0 Å².